The fourth-order valence-corrected chi connectivity index (χ4v) is 1.34. The van der Waals surface area contributed by atoms with E-state index in [0.717, 1.165) is 5.75 Å². The van der Waals surface area contributed by atoms with Crippen LogP contribution in [0.1, 0.15) is 18.9 Å². The van der Waals surface area contributed by atoms with Crippen molar-refractivity contribution in [3.8, 4) is 5.75 Å². The van der Waals surface area contributed by atoms with Crippen LogP contribution in [0.15, 0.2) is 30.3 Å². The molecular weight excluding hydrogens is 192 g/mol. The van der Waals surface area contributed by atoms with Crippen LogP contribution in [-0.2, 0) is 7.05 Å². The first kappa shape index (κ1) is 9.64. The first-order valence-corrected chi connectivity index (χ1v) is 4.71. The summed E-state index contributed by atoms with van der Waals surface area (Å²) in [5.41, 5.74) is 0. The van der Waals surface area contributed by atoms with Gasteiger partial charge in [-0.15, -0.1) is 5.10 Å². The number of aryl methyl sites for hydroxylation is 1. The van der Waals surface area contributed by atoms with Gasteiger partial charge in [0.15, 0.2) is 11.9 Å². The van der Waals surface area contributed by atoms with Gasteiger partial charge in [-0.1, -0.05) is 18.2 Å². The average molecular weight is 204 g/mol. The van der Waals surface area contributed by atoms with E-state index in [9.17, 15) is 0 Å². The van der Waals surface area contributed by atoms with Crippen LogP contribution < -0.4 is 4.74 Å². The average Bonchev–Trinajstić information content (AvgIpc) is 2.66. The molecule has 5 heteroatoms. The predicted octanol–water partition coefficient (Wildman–Crippen LogP) is 1.35. The first-order valence-electron chi connectivity index (χ1n) is 4.71. The third kappa shape index (κ3) is 2.12. The minimum Gasteiger partial charge on any atom is -0.483 e. The van der Waals surface area contributed by atoms with Crippen molar-refractivity contribution < 1.29 is 4.74 Å². The summed E-state index contributed by atoms with van der Waals surface area (Å²) >= 11 is 0. The number of tetrazole rings is 1. The van der Waals surface area contributed by atoms with Gasteiger partial charge in [0.25, 0.3) is 0 Å². The number of para-hydroxylation sites is 1. The highest BCUT2D eigenvalue weighted by Crippen LogP contribution is 2.18. The Bertz CT molecular complexity index is 426. The van der Waals surface area contributed by atoms with Gasteiger partial charge in [0.1, 0.15) is 5.75 Å². The zero-order valence-electron chi connectivity index (χ0n) is 8.66. The van der Waals surface area contributed by atoms with Crippen molar-refractivity contribution in [2.45, 2.75) is 13.0 Å². The van der Waals surface area contributed by atoms with Crippen LogP contribution in [0.2, 0.25) is 0 Å². The van der Waals surface area contributed by atoms with Crippen molar-refractivity contribution in [2.75, 3.05) is 0 Å². The van der Waals surface area contributed by atoms with Crippen LogP contribution in [0.3, 0.4) is 0 Å². The summed E-state index contributed by atoms with van der Waals surface area (Å²) in [6.07, 6.45) is -0.160. The van der Waals surface area contributed by atoms with Gasteiger partial charge in [-0.05, 0) is 29.5 Å². The predicted molar refractivity (Wildman–Crippen MR) is 54.3 cm³/mol. The number of rotatable bonds is 3. The molecule has 0 bridgehead atoms. The molecule has 0 saturated heterocycles. The van der Waals surface area contributed by atoms with Gasteiger partial charge >= 0.3 is 0 Å². The number of nitrogens with zero attached hydrogens (tertiary/aromatic N) is 4. The Morgan fingerprint density at radius 1 is 1.27 bits per heavy atom. The smallest absolute Gasteiger partial charge is 0.191 e. The van der Waals surface area contributed by atoms with Crippen LogP contribution in [-0.4, -0.2) is 20.2 Å². The third-order valence-electron chi connectivity index (χ3n) is 2.07. The Hall–Kier alpha value is -1.91. The second-order valence-electron chi connectivity index (χ2n) is 3.23. The maximum Gasteiger partial charge on any atom is 0.191 e. The Morgan fingerprint density at radius 2 is 2.00 bits per heavy atom. The van der Waals surface area contributed by atoms with Crippen molar-refractivity contribution in [1.29, 1.82) is 0 Å². The molecule has 0 fully saturated rings. The minimum atomic E-state index is -0.160. The first-order chi connectivity index (χ1) is 7.27. The second-order valence-corrected chi connectivity index (χ2v) is 3.23. The fraction of sp³-hybridized carbons (Fsp3) is 0.300. The van der Waals surface area contributed by atoms with Crippen molar-refractivity contribution in [2.24, 2.45) is 7.05 Å². The molecule has 78 valence electrons. The third-order valence-corrected chi connectivity index (χ3v) is 2.07. The standard InChI is InChI=1S/C10H12N4O/c1-8(10-11-12-13-14(10)2)15-9-6-4-3-5-7-9/h3-8H,1-2H3. The van der Waals surface area contributed by atoms with E-state index in [2.05, 4.69) is 15.5 Å². The molecule has 1 heterocycles. The van der Waals surface area contributed by atoms with E-state index in [0.29, 0.717) is 5.82 Å². The summed E-state index contributed by atoms with van der Waals surface area (Å²) in [5, 5.41) is 11.2. The molecule has 15 heavy (non-hydrogen) atoms. The van der Waals surface area contributed by atoms with Gasteiger partial charge in [0, 0.05) is 7.05 Å². The maximum atomic E-state index is 5.68. The van der Waals surface area contributed by atoms with Crippen molar-refractivity contribution in [1.82, 2.24) is 20.2 Å². The lowest BCUT2D eigenvalue weighted by molar-refractivity contribution is 0.211. The number of hydrogen-bond donors (Lipinski definition) is 0. The molecule has 0 aliphatic rings. The molecule has 0 amide bonds. The number of hydrogen-bond acceptors (Lipinski definition) is 4. The molecule has 1 aromatic heterocycles. The molecule has 0 saturated carbocycles. The Kier molecular flexibility index (Phi) is 2.62. The summed E-state index contributed by atoms with van der Waals surface area (Å²) < 4.78 is 7.28. The molecule has 1 atom stereocenters. The van der Waals surface area contributed by atoms with Crippen LogP contribution in [0.5, 0.6) is 5.75 Å². The van der Waals surface area contributed by atoms with E-state index in [4.69, 9.17) is 4.74 Å². The zero-order chi connectivity index (χ0) is 10.7. The highest BCUT2D eigenvalue weighted by Gasteiger charge is 2.13. The van der Waals surface area contributed by atoms with Crippen LogP contribution in [0.4, 0.5) is 0 Å². The molecule has 1 unspecified atom stereocenters. The summed E-state index contributed by atoms with van der Waals surface area (Å²) in [6.45, 7) is 1.92. The van der Waals surface area contributed by atoms with E-state index in [1.807, 2.05) is 37.3 Å². The summed E-state index contributed by atoms with van der Waals surface area (Å²) in [6, 6.07) is 9.61. The molecule has 5 nitrogen and oxygen atoms in total. The van der Waals surface area contributed by atoms with Gasteiger partial charge < -0.3 is 4.74 Å². The molecule has 2 aromatic rings. The van der Waals surface area contributed by atoms with Gasteiger partial charge in [0.05, 0.1) is 0 Å². The maximum absolute atomic E-state index is 5.68. The number of ether oxygens (including phenoxy) is 1. The summed E-state index contributed by atoms with van der Waals surface area (Å²) in [4.78, 5) is 0. The molecule has 1 aromatic carbocycles. The number of benzene rings is 1. The Morgan fingerprint density at radius 3 is 2.60 bits per heavy atom. The molecule has 0 aliphatic heterocycles. The lowest BCUT2D eigenvalue weighted by atomic mass is 10.3. The number of aromatic nitrogens is 4. The normalized spacial score (nSPS) is 12.4. The summed E-state index contributed by atoms with van der Waals surface area (Å²) in [5.74, 6) is 1.52. The highest BCUT2D eigenvalue weighted by molar-refractivity contribution is 5.21. The SMILES string of the molecule is CC(Oc1ccccc1)c1nnnn1C. The molecule has 2 rings (SSSR count). The van der Waals surface area contributed by atoms with Crippen molar-refractivity contribution in [3.05, 3.63) is 36.2 Å². The van der Waals surface area contributed by atoms with E-state index in [1.165, 1.54) is 0 Å². The lowest BCUT2D eigenvalue weighted by Crippen LogP contribution is -2.10. The van der Waals surface area contributed by atoms with Crippen molar-refractivity contribution >= 4 is 0 Å². The quantitative estimate of drug-likeness (QED) is 0.757. The highest BCUT2D eigenvalue weighted by atomic mass is 16.5. The Balaban J connectivity index is 2.11. The monoisotopic (exact) mass is 204 g/mol. The van der Waals surface area contributed by atoms with Gasteiger partial charge in [0.2, 0.25) is 0 Å². The summed E-state index contributed by atoms with van der Waals surface area (Å²) in [7, 11) is 1.79. The van der Waals surface area contributed by atoms with E-state index in [-0.39, 0.29) is 6.10 Å². The van der Waals surface area contributed by atoms with E-state index >= 15 is 0 Å². The van der Waals surface area contributed by atoms with E-state index in [1.54, 1.807) is 11.7 Å². The molecule has 0 N–H and O–H groups in total. The fourth-order valence-electron chi connectivity index (χ4n) is 1.34. The molecular formula is C10H12N4O. The molecule has 0 radical (unpaired) electrons. The van der Waals surface area contributed by atoms with Crippen LogP contribution in [0.25, 0.3) is 0 Å². The molecule has 0 aliphatic carbocycles. The van der Waals surface area contributed by atoms with Gasteiger partial charge in [-0.2, -0.15) is 0 Å². The van der Waals surface area contributed by atoms with Crippen molar-refractivity contribution in [3.63, 3.8) is 0 Å². The Labute approximate surface area is 87.7 Å². The second kappa shape index (κ2) is 4.08. The molecule has 0 spiro atoms. The van der Waals surface area contributed by atoms with E-state index < -0.39 is 0 Å². The van der Waals surface area contributed by atoms with Crippen LogP contribution in [0, 0.1) is 0 Å². The zero-order valence-corrected chi connectivity index (χ0v) is 8.66. The van der Waals surface area contributed by atoms with Gasteiger partial charge in [-0.25, -0.2) is 4.68 Å². The van der Waals surface area contributed by atoms with Gasteiger partial charge in [-0.3, -0.25) is 0 Å². The topological polar surface area (TPSA) is 52.8 Å². The minimum absolute atomic E-state index is 0.160. The van der Waals surface area contributed by atoms with Crippen LogP contribution >= 0.6 is 0 Å². The lowest BCUT2D eigenvalue weighted by Gasteiger charge is -2.12. The largest absolute Gasteiger partial charge is 0.483 e.